The van der Waals surface area contributed by atoms with E-state index in [1.165, 1.54) is 0 Å². The van der Waals surface area contributed by atoms with Crippen molar-refractivity contribution in [2.75, 3.05) is 7.11 Å². The molecule has 0 aliphatic rings. The lowest BCUT2D eigenvalue weighted by Gasteiger charge is -2.14. The standard InChI is InChI=1S/C21H13N5OS/c1-27-21-17-10-23-11-26(17)20(15-6-7-16-18(8-15)28-12-24-16)19(25-21)14-4-2-13(9-22)3-5-14/h2-8,10-12H,1H3. The molecule has 28 heavy (non-hydrogen) atoms. The maximum Gasteiger partial charge on any atom is 0.240 e. The van der Waals surface area contributed by atoms with E-state index in [9.17, 15) is 0 Å². The van der Waals surface area contributed by atoms with Gasteiger partial charge in [0.05, 0.1) is 58.4 Å². The Balaban J connectivity index is 1.84. The molecule has 0 saturated heterocycles. The SMILES string of the molecule is COc1nc(-c2ccc(C#N)cc2)c(-c2ccc3ncsc3c2)n2cncc12. The summed E-state index contributed by atoms with van der Waals surface area (Å²) in [6.07, 6.45) is 3.50. The molecule has 7 heteroatoms. The normalized spacial score (nSPS) is 11.0. The van der Waals surface area contributed by atoms with Gasteiger partial charge in [-0.3, -0.25) is 4.40 Å². The van der Waals surface area contributed by atoms with Crippen LogP contribution < -0.4 is 4.74 Å². The number of methoxy groups -OCH3 is 1. The third-order valence-corrected chi connectivity index (χ3v) is 5.41. The molecule has 0 spiro atoms. The second kappa shape index (κ2) is 6.44. The highest BCUT2D eigenvalue weighted by atomic mass is 32.1. The van der Waals surface area contributed by atoms with Crippen LogP contribution in [0.4, 0.5) is 0 Å². The number of benzene rings is 2. The van der Waals surface area contributed by atoms with E-state index >= 15 is 0 Å². The number of ether oxygens (including phenoxy) is 1. The first kappa shape index (κ1) is 16.4. The number of fused-ring (bicyclic) bond motifs is 2. The largest absolute Gasteiger partial charge is 0.479 e. The number of rotatable bonds is 3. The maximum atomic E-state index is 9.10. The molecular weight excluding hydrogens is 370 g/mol. The second-order valence-corrected chi connectivity index (χ2v) is 7.08. The van der Waals surface area contributed by atoms with Crippen molar-refractivity contribution in [3.63, 3.8) is 0 Å². The monoisotopic (exact) mass is 383 g/mol. The fourth-order valence-corrected chi connectivity index (χ4v) is 4.01. The van der Waals surface area contributed by atoms with Crippen molar-refractivity contribution >= 4 is 27.1 Å². The molecule has 0 aliphatic heterocycles. The lowest BCUT2D eigenvalue weighted by Crippen LogP contribution is -2.01. The van der Waals surface area contributed by atoms with Crippen LogP contribution in [-0.2, 0) is 0 Å². The van der Waals surface area contributed by atoms with E-state index in [0.29, 0.717) is 11.4 Å². The Bertz CT molecular complexity index is 1360. The molecule has 3 heterocycles. The molecule has 0 fully saturated rings. The molecule has 6 nitrogen and oxygen atoms in total. The Morgan fingerprint density at radius 1 is 1.11 bits per heavy atom. The number of aromatic nitrogens is 4. The first-order valence-corrected chi connectivity index (χ1v) is 9.40. The van der Waals surface area contributed by atoms with Crippen LogP contribution in [-0.4, -0.2) is 26.5 Å². The van der Waals surface area contributed by atoms with E-state index in [0.717, 1.165) is 38.2 Å². The Morgan fingerprint density at radius 2 is 1.93 bits per heavy atom. The van der Waals surface area contributed by atoms with Crippen LogP contribution in [0.1, 0.15) is 5.56 Å². The number of hydrogen-bond donors (Lipinski definition) is 0. The third kappa shape index (κ3) is 2.51. The van der Waals surface area contributed by atoms with Crippen LogP contribution in [0.5, 0.6) is 5.88 Å². The van der Waals surface area contributed by atoms with Gasteiger partial charge in [-0.1, -0.05) is 18.2 Å². The smallest absolute Gasteiger partial charge is 0.240 e. The zero-order valence-electron chi connectivity index (χ0n) is 14.8. The molecule has 5 rings (SSSR count). The number of hydrogen-bond acceptors (Lipinski definition) is 6. The first-order valence-electron chi connectivity index (χ1n) is 8.52. The van der Waals surface area contributed by atoms with E-state index in [1.54, 1.807) is 43.1 Å². The summed E-state index contributed by atoms with van der Waals surface area (Å²) in [6.45, 7) is 0. The maximum absolute atomic E-state index is 9.10. The predicted octanol–water partition coefficient (Wildman–Crippen LogP) is 4.55. The summed E-state index contributed by atoms with van der Waals surface area (Å²) in [4.78, 5) is 13.4. The van der Waals surface area contributed by atoms with Crippen LogP contribution in [0.25, 0.3) is 38.2 Å². The summed E-state index contributed by atoms with van der Waals surface area (Å²) in [5, 5.41) is 9.10. The molecule has 2 aromatic carbocycles. The third-order valence-electron chi connectivity index (χ3n) is 4.62. The number of nitrogens with zero attached hydrogens (tertiary/aromatic N) is 5. The van der Waals surface area contributed by atoms with Crippen molar-refractivity contribution in [1.29, 1.82) is 5.26 Å². The number of nitriles is 1. The fraction of sp³-hybridized carbons (Fsp3) is 0.0476. The van der Waals surface area contributed by atoms with E-state index in [-0.39, 0.29) is 0 Å². The summed E-state index contributed by atoms with van der Waals surface area (Å²) < 4.78 is 8.60. The Labute approximate surface area is 164 Å². The quantitative estimate of drug-likeness (QED) is 0.457. The fourth-order valence-electron chi connectivity index (χ4n) is 3.29. The van der Waals surface area contributed by atoms with Gasteiger partial charge in [0.1, 0.15) is 5.52 Å². The van der Waals surface area contributed by atoms with Crippen molar-refractivity contribution < 1.29 is 4.74 Å². The van der Waals surface area contributed by atoms with E-state index in [2.05, 4.69) is 22.1 Å². The molecule has 0 aliphatic carbocycles. The van der Waals surface area contributed by atoms with E-state index < -0.39 is 0 Å². The van der Waals surface area contributed by atoms with Crippen molar-refractivity contribution in [2.24, 2.45) is 0 Å². The first-order chi connectivity index (χ1) is 13.8. The molecule has 0 bridgehead atoms. The van der Waals surface area contributed by atoms with Crippen molar-refractivity contribution in [2.45, 2.75) is 0 Å². The minimum absolute atomic E-state index is 0.500. The highest BCUT2D eigenvalue weighted by Gasteiger charge is 2.18. The van der Waals surface area contributed by atoms with Crippen LogP contribution in [0.15, 0.2) is 60.5 Å². The summed E-state index contributed by atoms with van der Waals surface area (Å²) in [5.41, 5.74) is 7.78. The van der Waals surface area contributed by atoms with Gasteiger partial charge in [-0.2, -0.15) is 5.26 Å². The summed E-state index contributed by atoms with van der Waals surface area (Å²) in [5.74, 6) is 0.500. The molecule has 0 unspecified atom stereocenters. The summed E-state index contributed by atoms with van der Waals surface area (Å²) in [6, 6.07) is 15.7. The molecule has 0 amide bonds. The van der Waals surface area contributed by atoms with Gasteiger partial charge in [0.25, 0.3) is 0 Å². The second-order valence-electron chi connectivity index (χ2n) is 6.19. The molecule has 3 aromatic heterocycles. The zero-order valence-corrected chi connectivity index (χ0v) is 15.6. The van der Waals surface area contributed by atoms with Gasteiger partial charge in [0, 0.05) is 11.1 Å². The zero-order chi connectivity index (χ0) is 19.1. The van der Waals surface area contributed by atoms with Gasteiger partial charge >= 0.3 is 0 Å². The number of imidazole rings is 1. The summed E-state index contributed by atoms with van der Waals surface area (Å²) in [7, 11) is 1.60. The highest BCUT2D eigenvalue weighted by molar-refractivity contribution is 7.16. The van der Waals surface area contributed by atoms with Crippen molar-refractivity contribution in [3.8, 4) is 34.5 Å². The van der Waals surface area contributed by atoms with Crippen LogP contribution in [0, 0.1) is 11.3 Å². The lowest BCUT2D eigenvalue weighted by atomic mass is 10.0. The molecule has 0 atom stereocenters. The average molecular weight is 383 g/mol. The molecule has 0 radical (unpaired) electrons. The van der Waals surface area contributed by atoms with Gasteiger partial charge in [0.2, 0.25) is 5.88 Å². The van der Waals surface area contributed by atoms with Gasteiger partial charge in [-0.05, 0) is 24.3 Å². The lowest BCUT2D eigenvalue weighted by molar-refractivity contribution is 0.402. The predicted molar refractivity (Wildman–Crippen MR) is 108 cm³/mol. The Kier molecular flexibility index (Phi) is 3.78. The Hall–Kier alpha value is -3.76. The molecule has 0 saturated carbocycles. The average Bonchev–Trinajstić information content (AvgIpc) is 3.41. The van der Waals surface area contributed by atoms with Gasteiger partial charge in [0.15, 0.2) is 0 Å². The molecular formula is C21H13N5OS. The van der Waals surface area contributed by atoms with Gasteiger partial charge in [-0.25, -0.2) is 15.0 Å². The van der Waals surface area contributed by atoms with Gasteiger partial charge < -0.3 is 4.74 Å². The van der Waals surface area contributed by atoms with Crippen LogP contribution in [0.3, 0.4) is 0 Å². The van der Waals surface area contributed by atoms with Crippen LogP contribution >= 0.6 is 11.3 Å². The molecule has 134 valence electrons. The van der Waals surface area contributed by atoms with Crippen molar-refractivity contribution in [3.05, 3.63) is 66.1 Å². The Morgan fingerprint density at radius 3 is 2.71 bits per heavy atom. The number of thiazole rings is 1. The van der Waals surface area contributed by atoms with Crippen LogP contribution in [0.2, 0.25) is 0 Å². The minimum atomic E-state index is 0.500. The minimum Gasteiger partial charge on any atom is -0.479 e. The van der Waals surface area contributed by atoms with Crippen molar-refractivity contribution in [1.82, 2.24) is 19.4 Å². The highest BCUT2D eigenvalue weighted by Crippen LogP contribution is 2.36. The summed E-state index contributed by atoms with van der Waals surface area (Å²) >= 11 is 1.60. The van der Waals surface area contributed by atoms with E-state index in [4.69, 9.17) is 15.0 Å². The molecule has 0 N–H and O–H groups in total. The van der Waals surface area contributed by atoms with Gasteiger partial charge in [-0.15, -0.1) is 11.3 Å². The topological polar surface area (TPSA) is 76.1 Å². The molecule has 5 aromatic rings. The van der Waals surface area contributed by atoms with E-state index in [1.807, 2.05) is 34.2 Å².